The van der Waals surface area contributed by atoms with Crippen molar-refractivity contribution in [3.05, 3.63) is 11.9 Å². The van der Waals surface area contributed by atoms with E-state index >= 15 is 0 Å². The van der Waals surface area contributed by atoms with Gasteiger partial charge in [-0.15, -0.1) is 0 Å². The molecule has 1 aromatic heterocycles. The van der Waals surface area contributed by atoms with Crippen LogP contribution >= 0.6 is 0 Å². The van der Waals surface area contributed by atoms with E-state index in [9.17, 15) is 0 Å². The largest absolute Gasteiger partial charge is 0.481 e. The summed E-state index contributed by atoms with van der Waals surface area (Å²) in [6, 6.07) is 0.502. The van der Waals surface area contributed by atoms with E-state index in [1.165, 1.54) is 0 Å². The molecule has 1 aliphatic heterocycles. The van der Waals surface area contributed by atoms with Crippen molar-refractivity contribution < 1.29 is 4.74 Å². The Balaban J connectivity index is 2.31. The second-order valence-corrected chi connectivity index (χ2v) is 4.29. The van der Waals surface area contributed by atoms with E-state index in [0.717, 1.165) is 37.4 Å². The van der Waals surface area contributed by atoms with Gasteiger partial charge in [0.1, 0.15) is 12.1 Å². The summed E-state index contributed by atoms with van der Waals surface area (Å²) in [6.07, 6.45) is 2.69. The highest BCUT2D eigenvalue weighted by Gasteiger charge is 2.24. The molecule has 0 saturated carbocycles. The van der Waals surface area contributed by atoms with E-state index < -0.39 is 0 Å². The van der Waals surface area contributed by atoms with E-state index in [4.69, 9.17) is 4.74 Å². The lowest BCUT2D eigenvalue weighted by Crippen LogP contribution is -2.51. The number of piperazine rings is 1. The molecule has 2 heterocycles. The Morgan fingerprint density at radius 1 is 1.53 bits per heavy atom. The average molecular weight is 236 g/mol. The molecule has 2 rings (SSSR count). The monoisotopic (exact) mass is 236 g/mol. The molecule has 1 unspecified atom stereocenters. The molecule has 0 spiro atoms. The third kappa shape index (κ3) is 2.34. The number of aromatic nitrogens is 2. The summed E-state index contributed by atoms with van der Waals surface area (Å²) in [5.41, 5.74) is 1.02. The van der Waals surface area contributed by atoms with Crippen LogP contribution in [0.4, 0.5) is 5.82 Å². The molecule has 0 bridgehead atoms. The number of hydrogen-bond acceptors (Lipinski definition) is 5. The molecule has 1 aromatic rings. The summed E-state index contributed by atoms with van der Waals surface area (Å²) < 4.78 is 5.25. The summed E-state index contributed by atoms with van der Waals surface area (Å²) in [7, 11) is 1.65. The zero-order valence-corrected chi connectivity index (χ0v) is 10.7. The van der Waals surface area contributed by atoms with E-state index in [0.29, 0.717) is 11.9 Å². The third-order valence-corrected chi connectivity index (χ3v) is 3.30. The van der Waals surface area contributed by atoms with Crippen LogP contribution in [0.1, 0.15) is 18.9 Å². The van der Waals surface area contributed by atoms with Crippen LogP contribution in [0.5, 0.6) is 5.88 Å². The number of rotatable bonds is 3. The molecule has 94 valence electrons. The molecule has 0 amide bonds. The SMILES string of the molecule is CCC1CNCCN1c1ncnc(OC)c1C. The summed E-state index contributed by atoms with van der Waals surface area (Å²) in [4.78, 5) is 10.9. The summed E-state index contributed by atoms with van der Waals surface area (Å²) in [5.74, 6) is 1.67. The summed E-state index contributed by atoms with van der Waals surface area (Å²) in [5, 5.41) is 3.42. The zero-order chi connectivity index (χ0) is 12.3. The van der Waals surface area contributed by atoms with Gasteiger partial charge in [-0.1, -0.05) is 6.92 Å². The van der Waals surface area contributed by atoms with Crippen molar-refractivity contribution in [1.82, 2.24) is 15.3 Å². The first kappa shape index (κ1) is 12.1. The van der Waals surface area contributed by atoms with Gasteiger partial charge in [-0.25, -0.2) is 9.97 Å². The molecule has 0 aliphatic carbocycles. The Hall–Kier alpha value is -1.36. The van der Waals surface area contributed by atoms with Crippen LogP contribution in [-0.4, -0.2) is 42.8 Å². The van der Waals surface area contributed by atoms with Crippen molar-refractivity contribution in [2.75, 3.05) is 31.6 Å². The zero-order valence-electron chi connectivity index (χ0n) is 10.7. The fraction of sp³-hybridized carbons (Fsp3) is 0.667. The maximum absolute atomic E-state index is 5.25. The molecular weight excluding hydrogens is 216 g/mol. The Morgan fingerprint density at radius 3 is 3.06 bits per heavy atom. The van der Waals surface area contributed by atoms with E-state index in [1.54, 1.807) is 13.4 Å². The quantitative estimate of drug-likeness (QED) is 0.848. The standard InChI is InChI=1S/C12H20N4O/c1-4-10-7-13-5-6-16(10)11-9(2)12(17-3)15-8-14-11/h8,10,13H,4-7H2,1-3H3. The first-order valence-corrected chi connectivity index (χ1v) is 6.10. The molecular formula is C12H20N4O. The minimum atomic E-state index is 0.502. The predicted molar refractivity (Wildman–Crippen MR) is 67.6 cm³/mol. The van der Waals surface area contributed by atoms with Gasteiger partial charge >= 0.3 is 0 Å². The van der Waals surface area contributed by atoms with Gasteiger partial charge in [0.05, 0.1) is 12.7 Å². The Kier molecular flexibility index (Phi) is 3.78. The molecule has 5 nitrogen and oxygen atoms in total. The minimum Gasteiger partial charge on any atom is -0.481 e. The fourth-order valence-electron chi connectivity index (χ4n) is 2.33. The maximum atomic E-state index is 5.25. The molecule has 1 aliphatic rings. The van der Waals surface area contributed by atoms with Gasteiger partial charge < -0.3 is 15.0 Å². The van der Waals surface area contributed by atoms with E-state index in [-0.39, 0.29) is 0 Å². The molecule has 1 saturated heterocycles. The number of nitrogens with zero attached hydrogens (tertiary/aromatic N) is 3. The average Bonchev–Trinajstić information content (AvgIpc) is 2.39. The highest BCUT2D eigenvalue weighted by molar-refractivity contribution is 5.51. The highest BCUT2D eigenvalue weighted by Crippen LogP contribution is 2.26. The maximum Gasteiger partial charge on any atom is 0.221 e. The minimum absolute atomic E-state index is 0.502. The van der Waals surface area contributed by atoms with Gasteiger partial charge in [-0.05, 0) is 13.3 Å². The van der Waals surface area contributed by atoms with E-state index in [1.807, 2.05) is 6.92 Å². The van der Waals surface area contributed by atoms with Crippen LogP contribution in [-0.2, 0) is 0 Å². The number of methoxy groups -OCH3 is 1. The molecule has 17 heavy (non-hydrogen) atoms. The van der Waals surface area contributed by atoms with Gasteiger partial charge in [0.2, 0.25) is 5.88 Å². The van der Waals surface area contributed by atoms with Crippen molar-refractivity contribution in [1.29, 1.82) is 0 Å². The van der Waals surface area contributed by atoms with Gasteiger partial charge in [0.25, 0.3) is 0 Å². The Morgan fingerprint density at radius 2 is 2.35 bits per heavy atom. The summed E-state index contributed by atoms with van der Waals surface area (Å²) in [6.45, 7) is 7.23. The lowest BCUT2D eigenvalue weighted by atomic mass is 10.1. The Bertz CT molecular complexity index is 383. The van der Waals surface area contributed by atoms with Crippen LogP contribution in [0.25, 0.3) is 0 Å². The second-order valence-electron chi connectivity index (χ2n) is 4.29. The number of nitrogens with one attached hydrogen (secondary N) is 1. The molecule has 5 heteroatoms. The normalized spacial score (nSPS) is 20.4. The van der Waals surface area contributed by atoms with Crippen molar-refractivity contribution in [3.63, 3.8) is 0 Å². The summed E-state index contributed by atoms with van der Waals surface area (Å²) >= 11 is 0. The smallest absolute Gasteiger partial charge is 0.221 e. The van der Waals surface area contributed by atoms with Crippen LogP contribution in [0.15, 0.2) is 6.33 Å². The first-order chi connectivity index (χ1) is 8.27. The molecule has 0 aromatic carbocycles. The topological polar surface area (TPSA) is 50.3 Å². The van der Waals surface area contributed by atoms with Crippen molar-refractivity contribution in [2.45, 2.75) is 26.3 Å². The van der Waals surface area contributed by atoms with Gasteiger partial charge in [0, 0.05) is 25.7 Å². The van der Waals surface area contributed by atoms with Crippen molar-refractivity contribution >= 4 is 5.82 Å². The fourth-order valence-corrected chi connectivity index (χ4v) is 2.33. The predicted octanol–water partition coefficient (Wildman–Crippen LogP) is 0.982. The third-order valence-electron chi connectivity index (χ3n) is 3.30. The van der Waals surface area contributed by atoms with Gasteiger partial charge in [-0.2, -0.15) is 0 Å². The van der Waals surface area contributed by atoms with Crippen molar-refractivity contribution in [2.24, 2.45) is 0 Å². The molecule has 1 N–H and O–H groups in total. The van der Waals surface area contributed by atoms with Crippen LogP contribution < -0.4 is 15.0 Å². The lowest BCUT2D eigenvalue weighted by Gasteiger charge is -2.37. The van der Waals surface area contributed by atoms with Crippen molar-refractivity contribution in [3.8, 4) is 5.88 Å². The number of anilines is 1. The van der Waals surface area contributed by atoms with Crippen LogP contribution in [0, 0.1) is 6.92 Å². The van der Waals surface area contributed by atoms with Crippen LogP contribution in [0.2, 0.25) is 0 Å². The second kappa shape index (κ2) is 5.31. The lowest BCUT2D eigenvalue weighted by molar-refractivity contribution is 0.391. The number of hydrogen-bond donors (Lipinski definition) is 1. The van der Waals surface area contributed by atoms with Gasteiger partial charge in [-0.3, -0.25) is 0 Å². The highest BCUT2D eigenvalue weighted by atomic mass is 16.5. The van der Waals surface area contributed by atoms with E-state index in [2.05, 4.69) is 27.1 Å². The first-order valence-electron chi connectivity index (χ1n) is 6.10. The Labute approximate surface area is 102 Å². The number of ether oxygens (including phenoxy) is 1. The van der Waals surface area contributed by atoms with Gasteiger partial charge in [0.15, 0.2) is 0 Å². The molecule has 1 atom stereocenters. The molecule has 1 fully saturated rings. The molecule has 0 radical (unpaired) electrons. The van der Waals surface area contributed by atoms with Crippen LogP contribution in [0.3, 0.4) is 0 Å².